The van der Waals surface area contributed by atoms with E-state index in [1.54, 1.807) is 0 Å². The van der Waals surface area contributed by atoms with Crippen molar-refractivity contribution in [3.05, 3.63) is 130 Å². The Morgan fingerprint density at radius 3 is 2.21 bits per heavy atom. The van der Waals surface area contributed by atoms with Crippen LogP contribution in [0.15, 0.2) is 103 Å². The maximum atomic E-state index is 6.96. The third kappa shape index (κ3) is 6.30. The van der Waals surface area contributed by atoms with Gasteiger partial charge in [-0.3, -0.25) is 4.84 Å². The van der Waals surface area contributed by atoms with Crippen molar-refractivity contribution in [1.82, 2.24) is 5.06 Å². The summed E-state index contributed by atoms with van der Waals surface area (Å²) in [4.78, 5) is 8.70. The minimum atomic E-state index is -0.0475. The van der Waals surface area contributed by atoms with E-state index in [0.717, 1.165) is 47.0 Å². The number of rotatable bonds is 8. The van der Waals surface area contributed by atoms with Crippen LogP contribution in [0.5, 0.6) is 0 Å². The van der Waals surface area contributed by atoms with E-state index in [-0.39, 0.29) is 18.6 Å². The number of para-hydroxylation sites is 1. The number of hydrogen-bond acceptors (Lipinski definition) is 3. The molecule has 2 aliphatic rings. The van der Waals surface area contributed by atoms with Crippen LogP contribution in [-0.4, -0.2) is 48.3 Å². The highest BCUT2D eigenvalue weighted by Crippen LogP contribution is 2.44. The molecule has 1 saturated heterocycles. The Kier molecular flexibility index (Phi) is 10.0. The first-order valence-corrected chi connectivity index (χ1v) is 15.5. The molecule has 1 unspecified atom stereocenters. The average molecular weight is 613 g/mol. The van der Waals surface area contributed by atoms with Gasteiger partial charge in [0, 0.05) is 53.1 Å². The Balaban J connectivity index is 0.00000368. The molecular weight excluding hydrogens is 573 g/mol. The molecule has 4 aromatic rings. The van der Waals surface area contributed by atoms with E-state index < -0.39 is 0 Å². The zero-order valence-corrected chi connectivity index (χ0v) is 26.7. The molecule has 0 bridgehead atoms. The number of fused-ring (bicyclic) bond motifs is 1. The van der Waals surface area contributed by atoms with Crippen LogP contribution in [0.25, 0.3) is 11.1 Å². The predicted molar refractivity (Wildman–Crippen MR) is 176 cm³/mol. The topological polar surface area (TPSA) is 18.7 Å². The lowest BCUT2D eigenvalue weighted by Gasteiger charge is -2.35. The number of halogens is 2. The highest BCUT2D eigenvalue weighted by Gasteiger charge is 2.36. The molecule has 6 heteroatoms. The molecule has 43 heavy (non-hydrogen) atoms. The van der Waals surface area contributed by atoms with E-state index in [2.05, 4.69) is 126 Å². The van der Waals surface area contributed by atoms with Crippen LogP contribution in [0.4, 0.5) is 11.4 Å². The lowest BCUT2D eigenvalue weighted by molar-refractivity contribution is -0.400. The smallest absolute Gasteiger partial charge is 0.221 e. The van der Waals surface area contributed by atoms with E-state index in [1.807, 2.05) is 12.1 Å². The second kappa shape index (κ2) is 13.9. The van der Waals surface area contributed by atoms with E-state index in [0.29, 0.717) is 0 Å². The summed E-state index contributed by atoms with van der Waals surface area (Å²) in [7, 11) is 2.16. The van der Waals surface area contributed by atoms with Gasteiger partial charge in [-0.05, 0) is 68.7 Å². The second-order valence-corrected chi connectivity index (χ2v) is 11.5. The first kappa shape index (κ1) is 31.0. The van der Waals surface area contributed by atoms with Crippen LogP contribution in [0.3, 0.4) is 0 Å². The van der Waals surface area contributed by atoms with Gasteiger partial charge in [-0.25, -0.2) is 0 Å². The number of anilines is 1. The minimum Gasteiger partial charge on any atom is -1.00 e. The second-order valence-electron chi connectivity index (χ2n) is 11.0. The summed E-state index contributed by atoms with van der Waals surface area (Å²) < 4.78 is 2.31. The number of nitrogens with zero attached hydrogens (tertiary/aromatic N) is 3. The standard InChI is InChI=1S/C37H39ClN3O.ClH/c1-4-41(27(2)42-40-25-13-6-14-26-40)30-23-21-28(22-24-30)35(31-17-9-11-19-33(31)38)36-32-18-10-12-20-34(32)39(3)37(36)29-15-7-5-8-16-29;/h5,7-12,15-24,27H,4,6,13-14,25-26H2,1-3H3;1H/q+1;/p-1. The Hall–Kier alpha value is -3.41. The molecule has 0 spiro atoms. The van der Waals surface area contributed by atoms with Crippen LogP contribution < -0.4 is 17.3 Å². The van der Waals surface area contributed by atoms with E-state index in [1.165, 1.54) is 47.4 Å². The summed E-state index contributed by atoms with van der Waals surface area (Å²) in [5.74, 6) is 0. The average Bonchev–Trinajstić information content (AvgIpc) is 3.32. The van der Waals surface area contributed by atoms with Crippen LogP contribution in [0.2, 0.25) is 5.02 Å². The van der Waals surface area contributed by atoms with Crippen molar-refractivity contribution in [3.8, 4) is 0 Å². The van der Waals surface area contributed by atoms with Crippen LogP contribution in [-0.2, 0) is 4.84 Å². The van der Waals surface area contributed by atoms with Crippen molar-refractivity contribution in [2.75, 3.05) is 31.6 Å². The van der Waals surface area contributed by atoms with E-state index >= 15 is 0 Å². The van der Waals surface area contributed by atoms with Gasteiger partial charge in [-0.15, -0.1) is 0 Å². The minimum absolute atomic E-state index is 0. The monoisotopic (exact) mass is 611 g/mol. The molecule has 2 heterocycles. The molecular formula is C37H39Cl2N3O. The molecule has 0 aromatic heterocycles. The number of benzene rings is 4. The SMILES string of the molecule is CCN(c1ccc(C(=C2C(c3ccccc3)=[N+](C)c3ccccc32)c2ccccc2Cl)cc1)C(C)ON1CCCCC1.[Cl-]. The van der Waals surface area contributed by atoms with Gasteiger partial charge in [0.15, 0.2) is 0 Å². The Bertz CT molecular complexity index is 1610. The quantitative estimate of drug-likeness (QED) is 0.189. The molecule has 2 aliphatic heterocycles. The Labute approximate surface area is 267 Å². The molecule has 0 amide bonds. The maximum absolute atomic E-state index is 6.96. The summed E-state index contributed by atoms with van der Waals surface area (Å²) in [5, 5.41) is 2.88. The molecule has 0 aliphatic carbocycles. The normalized spacial score (nSPS) is 16.8. The third-order valence-corrected chi connectivity index (χ3v) is 8.76. The van der Waals surface area contributed by atoms with E-state index in [9.17, 15) is 0 Å². The summed E-state index contributed by atoms with van der Waals surface area (Å²) >= 11 is 6.96. The first-order valence-electron chi connectivity index (χ1n) is 15.1. The Morgan fingerprint density at radius 2 is 1.51 bits per heavy atom. The molecule has 0 saturated carbocycles. The zero-order valence-electron chi connectivity index (χ0n) is 25.1. The van der Waals surface area contributed by atoms with Gasteiger partial charge in [0.2, 0.25) is 11.4 Å². The fourth-order valence-electron chi connectivity index (χ4n) is 6.39. The van der Waals surface area contributed by atoms with Crippen molar-refractivity contribution in [2.24, 2.45) is 0 Å². The molecule has 4 aromatic carbocycles. The van der Waals surface area contributed by atoms with Gasteiger partial charge in [0.25, 0.3) is 0 Å². The lowest BCUT2D eigenvalue weighted by Crippen LogP contribution is -3.00. The molecule has 0 radical (unpaired) electrons. The van der Waals surface area contributed by atoms with Crippen LogP contribution >= 0.6 is 11.6 Å². The van der Waals surface area contributed by atoms with Crippen molar-refractivity contribution in [1.29, 1.82) is 0 Å². The highest BCUT2D eigenvalue weighted by molar-refractivity contribution is 6.40. The fraction of sp³-hybridized carbons (Fsp3) is 0.270. The van der Waals surface area contributed by atoms with Crippen LogP contribution in [0.1, 0.15) is 55.4 Å². The molecule has 6 rings (SSSR count). The maximum Gasteiger partial charge on any atom is 0.221 e. The number of piperidine rings is 1. The van der Waals surface area contributed by atoms with Crippen molar-refractivity contribution < 1.29 is 21.8 Å². The lowest BCUT2D eigenvalue weighted by atomic mass is 9.86. The zero-order chi connectivity index (χ0) is 29.1. The van der Waals surface area contributed by atoms with Crippen LogP contribution in [0, 0.1) is 0 Å². The van der Waals surface area contributed by atoms with Gasteiger partial charge in [-0.1, -0.05) is 78.7 Å². The summed E-state index contributed by atoms with van der Waals surface area (Å²) in [5.41, 5.74) is 10.4. The number of hydrogen-bond donors (Lipinski definition) is 0. The predicted octanol–water partition coefficient (Wildman–Crippen LogP) is 5.67. The van der Waals surface area contributed by atoms with E-state index in [4.69, 9.17) is 16.4 Å². The summed E-state index contributed by atoms with van der Waals surface area (Å²) in [6, 6.07) is 36.4. The van der Waals surface area contributed by atoms with Gasteiger partial charge in [0.1, 0.15) is 13.3 Å². The van der Waals surface area contributed by atoms with Crippen molar-refractivity contribution >= 4 is 39.8 Å². The molecule has 1 fully saturated rings. The highest BCUT2D eigenvalue weighted by atomic mass is 35.5. The molecule has 4 nitrogen and oxygen atoms in total. The summed E-state index contributed by atoms with van der Waals surface area (Å²) in [6.07, 6.45) is 3.65. The third-order valence-electron chi connectivity index (χ3n) is 8.43. The molecule has 0 N–H and O–H groups in total. The van der Waals surface area contributed by atoms with Crippen molar-refractivity contribution in [2.45, 2.75) is 39.3 Å². The Morgan fingerprint density at radius 1 is 0.860 bits per heavy atom. The molecule has 1 atom stereocenters. The van der Waals surface area contributed by atoms with Gasteiger partial charge < -0.3 is 17.3 Å². The number of allylic oxidation sites excluding steroid dienone is 1. The van der Waals surface area contributed by atoms with Crippen molar-refractivity contribution in [3.63, 3.8) is 0 Å². The van der Waals surface area contributed by atoms with Gasteiger partial charge in [-0.2, -0.15) is 9.64 Å². The number of hydroxylamine groups is 2. The largest absolute Gasteiger partial charge is 1.00 e. The van der Waals surface area contributed by atoms with Gasteiger partial charge in [0.05, 0.1) is 11.1 Å². The molecule has 222 valence electrons. The summed E-state index contributed by atoms with van der Waals surface area (Å²) in [6.45, 7) is 7.21. The van der Waals surface area contributed by atoms with Gasteiger partial charge >= 0.3 is 0 Å². The fourth-order valence-corrected chi connectivity index (χ4v) is 6.62. The first-order chi connectivity index (χ1) is 20.6.